The zero-order valence-electron chi connectivity index (χ0n) is 10.0. The van der Waals surface area contributed by atoms with Gasteiger partial charge < -0.3 is 5.32 Å². The standard InChI is InChI=1S/C15H13Br2N/c1-9-6-11(16)2-4-13(9)15-8-10-7-12(17)3-5-14(10)18-15/h2-7,15,18H,8H2,1H3/t15-/m1/s1. The quantitative estimate of drug-likeness (QED) is 0.728. The summed E-state index contributed by atoms with van der Waals surface area (Å²) in [5, 5.41) is 3.60. The molecular weight excluding hydrogens is 354 g/mol. The largest absolute Gasteiger partial charge is 0.378 e. The van der Waals surface area contributed by atoms with Crippen LogP contribution in [0.5, 0.6) is 0 Å². The third kappa shape index (κ3) is 2.21. The third-order valence-electron chi connectivity index (χ3n) is 3.43. The molecule has 0 saturated carbocycles. The molecule has 18 heavy (non-hydrogen) atoms. The molecule has 1 nitrogen and oxygen atoms in total. The Kier molecular flexibility index (Phi) is 3.20. The molecule has 2 aromatic carbocycles. The Bertz CT molecular complexity index is 607. The van der Waals surface area contributed by atoms with E-state index in [0.717, 1.165) is 15.4 Å². The van der Waals surface area contributed by atoms with E-state index < -0.39 is 0 Å². The number of benzene rings is 2. The Labute approximate surface area is 124 Å². The predicted molar refractivity (Wildman–Crippen MR) is 83.1 cm³/mol. The monoisotopic (exact) mass is 365 g/mol. The van der Waals surface area contributed by atoms with Crippen molar-refractivity contribution >= 4 is 37.5 Å². The molecule has 1 atom stereocenters. The topological polar surface area (TPSA) is 12.0 Å². The second-order valence-electron chi connectivity index (χ2n) is 4.70. The molecule has 3 rings (SSSR count). The number of fused-ring (bicyclic) bond motifs is 1. The van der Waals surface area contributed by atoms with Crippen LogP contribution in [0.15, 0.2) is 45.3 Å². The molecule has 2 aromatic rings. The van der Waals surface area contributed by atoms with Crippen molar-refractivity contribution in [3.63, 3.8) is 0 Å². The van der Waals surface area contributed by atoms with Crippen molar-refractivity contribution in [1.29, 1.82) is 0 Å². The summed E-state index contributed by atoms with van der Waals surface area (Å²) < 4.78 is 2.29. The van der Waals surface area contributed by atoms with Gasteiger partial charge in [0.2, 0.25) is 0 Å². The minimum atomic E-state index is 0.391. The van der Waals surface area contributed by atoms with Crippen LogP contribution in [0.25, 0.3) is 0 Å². The lowest BCUT2D eigenvalue weighted by Gasteiger charge is -2.14. The van der Waals surface area contributed by atoms with Crippen molar-refractivity contribution in [3.8, 4) is 0 Å². The Morgan fingerprint density at radius 3 is 2.56 bits per heavy atom. The van der Waals surface area contributed by atoms with Crippen molar-refractivity contribution in [1.82, 2.24) is 0 Å². The number of rotatable bonds is 1. The van der Waals surface area contributed by atoms with E-state index in [2.05, 4.69) is 80.5 Å². The maximum atomic E-state index is 3.60. The summed E-state index contributed by atoms with van der Waals surface area (Å²) in [5.41, 5.74) is 5.35. The van der Waals surface area contributed by atoms with Crippen molar-refractivity contribution in [3.05, 3.63) is 62.0 Å². The van der Waals surface area contributed by atoms with Gasteiger partial charge in [-0.05, 0) is 60.4 Å². The number of aryl methyl sites for hydroxylation is 1. The Morgan fingerprint density at radius 1 is 1.06 bits per heavy atom. The average Bonchev–Trinajstić information content (AvgIpc) is 2.71. The Hall–Kier alpha value is -0.800. The zero-order valence-corrected chi connectivity index (χ0v) is 13.2. The molecule has 0 amide bonds. The van der Waals surface area contributed by atoms with E-state index in [1.165, 1.54) is 22.4 Å². The fourth-order valence-corrected chi connectivity index (χ4v) is 3.43. The van der Waals surface area contributed by atoms with Crippen molar-refractivity contribution in [2.75, 3.05) is 5.32 Å². The zero-order chi connectivity index (χ0) is 12.7. The highest BCUT2D eigenvalue weighted by atomic mass is 79.9. The molecule has 0 aliphatic carbocycles. The van der Waals surface area contributed by atoms with Gasteiger partial charge in [0.15, 0.2) is 0 Å². The van der Waals surface area contributed by atoms with Gasteiger partial charge in [0.05, 0.1) is 6.04 Å². The lowest BCUT2D eigenvalue weighted by Crippen LogP contribution is -2.07. The van der Waals surface area contributed by atoms with Crippen LogP contribution >= 0.6 is 31.9 Å². The van der Waals surface area contributed by atoms with Crippen molar-refractivity contribution in [2.45, 2.75) is 19.4 Å². The van der Waals surface area contributed by atoms with E-state index in [1.807, 2.05) is 0 Å². The van der Waals surface area contributed by atoms with Gasteiger partial charge in [-0.15, -0.1) is 0 Å². The van der Waals surface area contributed by atoms with Gasteiger partial charge in [0.25, 0.3) is 0 Å². The molecular formula is C15H13Br2N. The first-order chi connectivity index (χ1) is 8.63. The number of hydrogen-bond donors (Lipinski definition) is 1. The molecule has 1 heterocycles. The van der Waals surface area contributed by atoms with Crippen LogP contribution in [-0.4, -0.2) is 0 Å². The van der Waals surface area contributed by atoms with Gasteiger partial charge >= 0.3 is 0 Å². The summed E-state index contributed by atoms with van der Waals surface area (Å²) in [6, 6.07) is 13.3. The molecule has 0 saturated heterocycles. The van der Waals surface area contributed by atoms with Crippen molar-refractivity contribution in [2.24, 2.45) is 0 Å². The summed E-state index contributed by atoms with van der Waals surface area (Å²) in [7, 11) is 0. The molecule has 1 N–H and O–H groups in total. The summed E-state index contributed by atoms with van der Waals surface area (Å²) in [5.74, 6) is 0. The average molecular weight is 367 g/mol. The van der Waals surface area contributed by atoms with Crippen LogP contribution in [0.4, 0.5) is 5.69 Å². The normalized spacial score (nSPS) is 17.4. The van der Waals surface area contributed by atoms with Gasteiger partial charge in [-0.25, -0.2) is 0 Å². The van der Waals surface area contributed by atoms with Gasteiger partial charge in [-0.2, -0.15) is 0 Å². The highest BCUT2D eigenvalue weighted by Crippen LogP contribution is 2.37. The first kappa shape index (κ1) is 12.2. The second kappa shape index (κ2) is 4.71. The van der Waals surface area contributed by atoms with E-state index in [9.17, 15) is 0 Å². The summed E-state index contributed by atoms with van der Waals surface area (Å²) >= 11 is 7.05. The third-order valence-corrected chi connectivity index (χ3v) is 4.41. The van der Waals surface area contributed by atoms with Crippen LogP contribution in [-0.2, 0) is 6.42 Å². The van der Waals surface area contributed by atoms with Crippen LogP contribution in [0.1, 0.15) is 22.7 Å². The first-order valence-corrected chi connectivity index (χ1v) is 7.53. The number of anilines is 1. The van der Waals surface area contributed by atoms with E-state index >= 15 is 0 Å². The van der Waals surface area contributed by atoms with Crippen LogP contribution in [0.2, 0.25) is 0 Å². The highest BCUT2D eigenvalue weighted by Gasteiger charge is 2.23. The summed E-state index contributed by atoms with van der Waals surface area (Å²) in [6.07, 6.45) is 1.05. The van der Waals surface area contributed by atoms with E-state index in [0.29, 0.717) is 6.04 Å². The molecule has 0 aromatic heterocycles. The maximum Gasteiger partial charge on any atom is 0.0557 e. The molecule has 1 aliphatic heterocycles. The molecule has 0 spiro atoms. The van der Waals surface area contributed by atoms with Crippen LogP contribution in [0.3, 0.4) is 0 Å². The van der Waals surface area contributed by atoms with Crippen molar-refractivity contribution < 1.29 is 0 Å². The number of hydrogen-bond acceptors (Lipinski definition) is 1. The molecule has 0 radical (unpaired) electrons. The van der Waals surface area contributed by atoms with E-state index in [1.54, 1.807) is 0 Å². The second-order valence-corrected chi connectivity index (χ2v) is 6.53. The van der Waals surface area contributed by atoms with Gasteiger partial charge in [0.1, 0.15) is 0 Å². The fourth-order valence-electron chi connectivity index (χ4n) is 2.55. The molecule has 0 bridgehead atoms. The highest BCUT2D eigenvalue weighted by molar-refractivity contribution is 9.10. The molecule has 0 unspecified atom stereocenters. The molecule has 0 fully saturated rings. The van der Waals surface area contributed by atoms with E-state index in [4.69, 9.17) is 0 Å². The van der Waals surface area contributed by atoms with E-state index in [-0.39, 0.29) is 0 Å². The van der Waals surface area contributed by atoms with Gasteiger partial charge in [-0.3, -0.25) is 0 Å². The summed E-state index contributed by atoms with van der Waals surface area (Å²) in [4.78, 5) is 0. The SMILES string of the molecule is Cc1cc(Br)ccc1[C@H]1Cc2cc(Br)ccc2N1. The fraction of sp³-hybridized carbons (Fsp3) is 0.200. The first-order valence-electron chi connectivity index (χ1n) is 5.94. The van der Waals surface area contributed by atoms with Crippen LogP contribution in [0, 0.1) is 6.92 Å². The molecule has 1 aliphatic rings. The lowest BCUT2D eigenvalue weighted by atomic mass is 9.99. The molecule has 92 valence electrons. The molecule has 3 heteroatoms. The predicted octanol–water partition coefficient (Wildman–Crippen LogP) is 5.23. The Balaban J connectivity index is 1.93. The maximum absolute atomic E-state index is 3.60. The Morgan fingerprint density at radius 2 is 1.78 bits per heavy atom. The smallest absolute Gasteiger partial charge is 0.0557 e. The minimum Gasteiger partial charge on any atom is -0.378 e. The lowest BCUT2D eigenvalue weighted by molar-refractivity contribution is 0.816. The van der Waals surface area contributed by atoms with Gasteiger partial charge in [0, 0.05) is 14.6 Å². The van der Waals surface area contributed by atoms with Crippen LogP contribution < -0.4 is 5.32 Å². The summed E-state index contributed by atoms with van der Waals surface area (Å²) in [6.45, 7) is 2.17. The number of halogens is 2. The van der Waals surface area contributed by atoms with Gasteiger partial charge in [-0.1, -0.05) is 37.9 Å². The minimum absolute atomic E-state index is 0.391. The number of nitrogens with one attached hydrogen (secondary N) is 1.